The molecule has 1 aliphatic heterocycles. The third-order valence-electron chi connectivity index (χ3n) is 7.58. The van der Waals surface area contributed by atoms with Crippen LogP contribution in [0.4, 0.5) is 0 Å². The molecule has 4 rings (SSSR count). The molecule has 0 spiro atoms. The molecule has 1 aromatic rings. The smallest absolute Gasteiger partial charge is 0.251 e. The molecular weight excluding hydrogens is 388 g/mol. The number of benzene rings is 1. The van der Waals surface area contributed by atoms with E-state index in [1.165, 1.54) is 16.8 Å². The quantitative estimate of drug-likeness (QED) is 0.813. The summed E-state index contributed by atoms with van der Waals surface area (Å²) in [5.74, 6) is 0.448. The molecule has 160 valence electrons. The molecule has 3 aliphatic rings. The number of hydrogen-bond donors (Lipinski definition) is 1. The van der Waals surface area contributed by atoms with Gasteiger partial charge in [0.2, 0.25) is 10.0 Å². The second-order valence-electron chi connectivity index (χ2n) is 9.82. The van der Waals surface area contributed by atoms with Crippen molar-refractivity contribution < 1.29 is 17.9 Å². The zero-order valence-electron chi connectivity index (χ0n) is 17.8. The molecule has 2 saturated carbocycles. The van der Waals surface area contributed by atoms with Crippen molar-refractivity contribution in [1.29, 1.82) is 0 Å². The van der Waals surface area contributed by atoms with E-state index in [1.807, 2.05) is 0 Å². The first kappa shape index (κ1) is 20.8. The highest BCUT2D eigenvalue weighted by molar-refractivity contribution is 7.89. The van der Waals surface area contributed by atoms with Gasteiger partial charge in [-0.3, -0.25) is 4.79 Å². The molecule has 7 heteroatoms. The minimum Gasteiger partial charge on any atom is -0.379 e. The van der Waals surface area contributed by atoms with E-state index >= 15 is 0 Å². The van der Waals surface area contributed by atoms with Gasteiger partial charge in [0.15, 0.2) is 0 Å². The van der Waals surface area contributed by atoms with E-state index in [1.54, 1.807) is 19.1 Å². The number of amides is 1. The SMILES string of the molecule is Cc1ccc(C(=O)N[C@H]2C3(C)CCC(C3)C2(C)C)cc1S(=O)(=O)N1CCOCC1. The second kappa shape index (κ2) is 7.06. The molecular formula is C22H32N2O4S. The minimum atomic E-state index is -3.65. The highest BCUT2D eigenvalue weighted by Crippen LogP contribution is 2.62. The molecule has 2 unspecified atom stereocenters. The molecule has 1 saturated heterocycles. The molecule has 3 atom stereocenters. The zero-order chi connectivity index (χ0) is 21.0. The fraction of sp³-hybridized carbons (Fsp3) is 0.682. The van der Waals surface area contributed by atoms with Crippen molar-refractivity contribution in [3.05, 3.63) is 29.3 Å². The fourth-order valence-corrected chi connectivity index (χ4v) is 7.48. The number of carbonyl (C=O) groups excluding carboxylic acids is 1. The number of morpholine rings is 1. The number of hydrogen-bond acceptors (Lipinski definition) is 4. The lowest BCUT2D eigenvalue weighted by molar-refractivity contribution is 0.0728. The maximum Gasteiger partial charge on any atom is 0.251 e. The van der Waals surface area contributed by atoms with Gasteiger partial charge in [0.25, 0.3) is 5.91 Å². The number of carbonyl (C=O) groups is 1. The first-order valence-electron chi connectivity index (χ1n) is 10.6. The Morgan fingerprint density at radius 2 is 1.90 bits per heavy atom. The predicted octanol–water partition coefficient (Wildman–Crippen LogP) is 2.96. The zero-order valence-corrected chi connectivity index (χ0v) is 18.6. The number of rotatable bonds is 4. The Morgan fingerprint density at radius 3 is 2.52 bits per heavy atom. The summed E-state index contributed by atoms with van der Waals surface area (Å²) in [6.07, 6.45) is 3.51. The van der Waals surface area contributed by atoms with E-state index in [9.17, 15) is 13.2 Å². The average Bonchev–Trinajstić information content (AvgIpc) is 3.17. The van der Waals surface area contributed by atoms with Crippen LogP contribution in [0.15, 0.2) is 23.1 Å². The third-order valence-corrected chi connectivity index (χ3v) is 9.62. The summed E-state index contributed by atoms with van der Waals surface area (Å²) in [5, 5.41) is 3.27. The van der Waals surface area contributed by atoms with Crippen molar-refractivity contribution in [2.45, 2.75) is 57.9 Å². The summed E-state index contributed by atoms with van der Waals surface area (Å²) in [7, 11) is -3.65. The molecule has 1 aromatic carbocycles. The van der Waals surface area contributed by atoms with E-state index in [-0.39, 0.29) is 27.7 Å². The van der Waals surface area contributed by atoms with Crippen LogP contribution in [0, 0.1) is 23.7 Å². The number of nitrogens with zero attached hydrogens (tertiary/aromatic N) is 1. The van der Waals surface area contributed by atoms with E-state index in [4.69, 9.17) is 4.74 Å². The normalized spacial score (nSPS) is 31.7. The number of ether oxygens (including phenoxy) is 1. The number of fused-ring (bicyclic) bond motifs is 2. The largest absolute Gasteiger partial charge is 0.379 e. The highest BCUT2D eigenvalue weighted by Gasteiger charge is 2.59. The van der Waals surface area contributed by atoms with Gasteiger partial charge in [0, 0.05) is 24.7 Å². The Hall–Kier alpha value is -1.44. The first-order valence-corrected chi connectivity index (χ1v) is 12.0. The van der Waals surface area contributed by atoms with Crippen LogP contribution in [-0.4, -0.2) is 51.0 Å². The Balaban J connectivity index is 1.60. The monoisotopic (exact) mass is 420 g/mol. The third kappa shape index (κ3) is 3.41. The van der Waals surface area contributed by atoms with Gasteiger partial charge >= 0.3 is 0 Å². The molecule has 2 bridgehead atoms. The van der Waals surface area contributed by atoms with E-state index in [0.717, 1.165) is 12.8 Å². The predicted molar refractivity (Wildman–Crippen MR) is 111 cm³/mol. The van der Waals surface area contributed by atoms with Gasteiger partial charge in [-0.25, -0.2) is 8.42 Å². The van der Waals surface area contributed by atoms with Crippen LogP contribution in [0.2, 0.25) is 0 Å². The standard InChI is InChI=1S/C22H32N2O4S/c1-15-5-6-16(13-18(15)29(26,27)24-9-11-28-12-10-24)19(25)23-20-21(2,3)17-7-8-22(20,4)14-17/h5-6,13,17,20H,7-12,14H2,1-4H3,(H,23,25)/t17?,20-,22?/m1/s1. The lowest BCUT2D eigenvalue weighted by Crippen LogP contribution is -2.52. The lowest BCUT2D eigenvalue weighted by atomic mass is 9.68. The number of sulfonamides is 1. The van der Waals surface area contributed by atoms with Gasteiger partial charge in [-0.2, -0.15) is 4.31 Å². The molecule has 1 amide bonds. The maximum absolute atomic E-state index is 13.1. The summed E-state index contributed by atoms with van der Waals surface area (Å²) in [6.45, 7) is 10.0. The second-order valence-corrected chi connectivity index (χ2v) is 11.7. The van der Waals surface area contributed by atoms with Gasteiger partial charge in [0.05, 0.1) is 18.1 Å². The van der Waals surface area contributed by atoms with Crippen LogP contribution in [0.25, 0.3) is 0 Å². The van der Waals surface area contributed by atoms with Gasteiger partial charge < -0.3 is 10.1 Å². The Labute approximate surface area is 174 Å². The van der Waals surface area contributed by atoms with Gasteiger partial charge in [-0.15, -0.1) is 0 Å². The maximum atomic E-state index is 13.1. The Bertz CT molecular complexity index is 916. The molecule has 2 aliphatic carbocycles. The van der Waals surface area contributed by atoms with Crippen LogP contribution in [0.3, 0.4) is 0 Å². The summed E-state index contributed by atoms with van der Waals surface area (Å²) < 4.78 is 33.0. The van der Waals surface area contributed by atoms with Crippen molar-refractivity contribution in [2.24, 2.45) is 16.7 Å². The molecule has 1 N–H and O–H groups in total. The van der Waals surface area contributed by atoms with Crippen LogP contribution in [-0.2, 0) is 14.8 Å². The van der Waals surface area contributed by atoms with Gasteiger partial charge in [-0.05, 0) is 60.6 Å². The van der Waals surface area contributed by atoms with Crippen LogP contribution >= 0.6 is 0 Å². The summed E-state index contributed by atoms with van der Waals surface area (Å²) in [6, 6.07) is 5.10. The van der Waals surface area contributed by atoms with Gasteiger partial charge in [0.1, 0.15) is 0 Å². The molecule has 29 heavy (non-hydrogen) atoms. The topological polar surface area (TPSA) is 75.7 Å². The Morgan fingerprint density at radius 1 is 1.21 bits per heavy atom. The number of aryl methyl sites for hydroxylation is 1. The van der Waals surface area contributed by atoms with E-state index in [0.29, 0.717) is 43.3 Å². The van der Waals surface area contributed by atoms with Crippen molar-refractivity contribution in [2.75, 3.05) is 26.3 Å². The average molecular weight is 421 g/mol. The molecule has 6 nitrogen and oxygen atoms in total. The van der Waals surface area contributed by atoms with Crippen LogP contribution < -0.4 is 5.32 Å². The molecule has 1 heterocycles. The lowest BCUT2D eigenvalue weighted by Gasteiger charge is -2.43. The number of nitrogens with one attached hydrogen (secondary N) is 1. The van der Waals surface area contributed by atoms with Crippen LogP contribution in [0.5, 0.6) is 0 Å². The molecule has 0 aromatic heterocycles. The van der Waals surface area contributed by atoms with Crippen molar-refractivity contribution in [1.82, 2.24) is 9.62 Å². The van der Waals surface area contributed by atoms with Crippen LogP contribution in [0.1, 0.15) is 56.0 Å². The van der Waals surface area contributed by atoms with Crippen molar-refractivity contribution in [3.8, 4) is 0 Å². The molecule has 0 radical (unpaired) electrons. The van der Waals surface area contributed by atoms with Crippen molar-refractivity contribution >= 4 is 15.9 Å². The van der Waals surface area contributed by atoms with E-state index in [2.05, 4.69) is 26.1 Å². The summed E-state index contributed by atoms with van der Waals surface area (Å²) >= 11 is 0. The fourth-order valence-electron chi connectivity index (χ4n) is 5.82. The highest BCUT2D eigenvalue weighted by atomic mass is 32.2. The van der Waals surface area contributed by atoms with Gasteiger partial charge in [-0.1, -0.05) is 26.8 Å². The summed E-state index contributed by atoms with van der Waals surface area (Å²) in [4.78, 5) is 13.3. The Kier molecular flexibility index (Phi) is 5.07. The first-order chi connectivity index (χ1) is 13.6. The van der Waals surface area contributed by atoms with E-state index < -0.39 is 10.0 Å². The summed E-state index contributed by atoms with van der Waals surface area (Å²) in [5.41, 5.74) is 1.23. The minimum absolute atomic E-state index is 0.0517. The van der Waals surface area contributed by atoms with Crippen molar-refractivity contribution in [3.63, 3.8) is 0 Å². The molecule has 3 fully saturated rings.